The first-order valence-electron chi connectivity index (χ1n) is 9.88. The van der Waals surface area contributed by atoms with E-state index in [4.69, 9.17) is 4.74 Å². The average Bonchev–Trinajstić information content (AvgIpc) is 3.36. The van der Waals surface area contributed by atoms with Crippen molar-refractivity contribution in [3.63, 3.8) is 0 Å². The molecule has 0 spiro atoms. The molecular weight excluding hydrogens is 423 g/mol. The Kier molecular flexibility index (Phi) is 4.65. The highest BCUT2D eigenvalue weighted by molar-refractivity contribution is 6.00. The summed E-state index contributed by atoms with van der Waals surface area (Å²) in [4.78, 5) is 14.9. The molecule has 0 unspecified atom stereocenters. The van der Waals surface area contributed by atoms with Crippen molar-refractivity contribution in [3.8, 4) is 17.1 Å². The van der Waals surface area contributed by atoms with Crippen molar-refractivity contribution in [2.24, 2.45) is 7.05 Å². The third kappa shape index (κ3) is 3.02. The molecule has 0 radical (unpaired) electrons. The second-order valence-corrected chi connectivity index (χ2v) is 7.55. The van der Waals surface area contributed by atoms with E-state index < -0.39 is 17.5 Å². The Bertz CT molecular complexity index is 1350. The maximum Gasteiger partial charge on any atom is 0.258 e. The van der Waals surface area contributed by atoms with E-state index in [0.717, 1.165) is 17.7 Å². The molecule has 1 aliphatic heterocycles. The zero-order valence-corrected chi connectivity index (χ0v) is 17.3. The third-order valence-corrected chi connectivity index (χ3v) is 5.69. The first-order chi connectivity index (χ1) is 15.4. The Morgan fingerprint density at radius 2 is 1.91 bits per heavy atom. The van der Waals surface area contributed by atoms with Crippen LogP contribution in [0.25, 0.3) is 16.8 Å². The topological polar surface area (TPSA) is 64.7 Å². The Hall–Kier alpha value is -3.82. The summed E-state index contributed by atoms with van der Waals surface area (Å²) in [5.41, 5.74) is 3.17. The Labute approximate surface area is 180 Å². The highest BCUT2D eigenvalue weighted by atomic mass is 19.2. The van der Waals surface area contributed by atoms with Crippen molar-refractivity contribution in [2.45, 2.75) is 13.0 Å². The van der Waals surface area contributed by atoms with Gasteiger partial charge in [-0.1, -0.05) is 6.07 Å². The molecule has 1 aliphatic rings. The summed E-state index contributed by atoms with van der Waals surface area (Å²) in [5.74, 6) is -3.72. The Balaban J connectivity index is 1.48. The number of halogens is 3. The molecule has 4 aromatic rings. The van der Waals surface area contributed by atoms with Crippen LogP contribution in [0.5, 0.6) is 5.88 Å². The fourth-order valence-electron chi connectivity index (χ4n) is 4.22. The van der Waals surface area contributed by atoms with Gasteiger partial charge in [-0.15, -0.1) is 0 Å². The van der Waals surface area contributed by atoms with E-state index in [2.05, 4.69) is 10.2 Å². The highest BCUT2D eigenvalue weighted by Crippen LogP contribution is 2.32. The lowest BCUT2D eigenvalue weighted by molar-refractivity contribution is 0.0734. The summed E-state index contributed by atoms with van der Waals surface area (Å²) in [6.45, 7) is 0.619. The van der Waals surface area contributed by atoms with Crippen molar-refractivity contribution in [1.29, 1.82) is 0 Å². The number of ether oxygens (including phenoxy) is 1. The van der Waals surface area contributed by atoms with E-state index >= 15 is 0 Å². The van der Waals surface area contributed by atoms with Crippen LogP contribution < -0.4 is 4.74 Å². The van der Waals surface area contributed by atoms with E-state index in [1.54, 1.807) is 34.7 Å². The lowest BCUT2D eigenvalue weighted by atomic mass is 9.99. The minimum atomic E-state index is -1.51. The second kappa shape index (κ2) is 7.40. The van der Waals surface area contributed by atoms with Crippen LogP contribution in [0.1, 0.15) is 21.6 Å². The maximum atomic E-state index is 13.8. The smallest absolute Gasteiger partial charge is 0.258 e. The predicted molar refractivity (Wildman–Crippen MR) is 109 cm³/mol. The minimum Gasteiger partial charge on any atom is -0.481 e. The normalized spacial score (nSPS) is 13.5. The van der Waals surface area contributed by atoms with E-state index in [1.807, 2.05) is 0 Å². The van der Waals surface area contributed by atoms with Crippen LogP contribution in [-0.2, 0) is 20.0 Å². The van der Waals surface area contributed by atoms with E-state index in [-0.39, 0.29) is 18.0 Å². The summed E-state index contributed by atoms with van der Waals surface area (Å²) < 4.78 is 49.3. The second-order valence-electron chi connectivity index (χ2n) is 7.55. The number of benzene rings is 1. The molecule has 0 atom stereocenters. The minimum absolute atomic E-state index is 0.201. The molecule has 32 heavy (non-hydrogen) atoms. The third-order valence-electron chi connectivity index (χ3n) is 5.69. The van der Waals surface area contributed by atoms with Crippen LogP contribution in [0, 0.1) is 17.5 Å². The van der Waals surface area contributed by atoms with Gasteiger partial charge in [-0.25, -0.2) is 17.7 Å². The van der Waals surface area contributed by atoms with Crippen molar-refractivity contribution < 1.29 is 22.7 Å². The molecule has 3 aromatic heterocycles. The summed E-state index contributed by atoms with van der Waals surface area (Å²) in [6.07, 6.45) is 1.94. The van der Waals surface area contributed by atoms with Crippen molar-refractivity contribution >= 4 is 11.4 Å². The summed E-state index contributed by atoms with van der Waals surface area (Å²) >= 11 is 0. The number of methoxy groups -OCH3 is 1. The summed E-state index contributed by atoms with van der Waals surface area (Å²) in [7, 11) is 3.18. The number of aromatic nitrogens is 4. The van der Waals surface area contributed by atoms with Crippen molar-refractivity contribution in [3.05, 3.63) is 70.8 Å². The largest absolute Gasteiger partial charge is 0.481 e. The van der Waals surface area contributed by atoms with E-state index in [9.17, 15) is 18.0 Å². The first-order valence-corrected chi connectivity index (χ1v) is 9.88. The number of aryl methyl sites for hydroxylation is 1. The zero-order chi connectivity index (χ0) is 22.6. The van der Waals surface area contributed by atoms with Crippen molar-refractivity contribution in [1.82, 2.24) is 24.3 Å². The molecule has 0 N–H and O–H groups in total. The van der Waals surface area contributed by atoms with Gasteiger partial charge in [0.2, 0.25) is 5.88 Å². The maximum absolute atomic E-state index is 13.8. The number of pyridine rings is 1. The van der Waals surface area contributed by atoms with Gasteiger partial charge >= 0.3 is 0 Å². The molecule has 4 heterocycles. The predicted octanol–water partition coefficient (Wildman–Crippen LogP) is 3.36. The number of fused-ring (bicyclic) bond motifs is 2. The van der Waals surface area contributed by atoms with Gasteiger partial charge in [0.25, 0.3) is 5.91 Å². The molecule has 10 heteroatoms. The Morgan fingerprint density at radius 3 is 2.62 bits per heavy atom. The standard InChI is InChI=1S/C22H18F3N5O2/c1-28-21(12-8-15(23)20(25)16(24)9-12)13-6-7-29(11-17(13)27-28)22(31)14-10-26-30-18(14)4-3-5-19(30)32-2/h3-5,8-10H,6-7,11H2,1-2H3. The van der Waals surface area contributed by atoms with Gasteiger partial charge in [0.05, 0.1) is 42.3 Å². The average molecular weight is 441 g/mol. The van der Waals surface area contributed by atoms with Crippen LogP contribution in [0.15, 0.2) is 36.5 Å². The van der Waals surface area contributed by atoms with Crippen LogP contribution in [-0.4, -0.2) is 43.9 Å². The number of carbonyl (C=O) groups excluding carboxylic acids is 1. The molecule has 0 bridgehead atoms. The molecule has 0 saturated heterocycles. The van der Waals surface area contributed by atoms with Gasteiger partial charge in [0, 0.05) is 30.8 Å². The van der Waals surface area contributed by atoms with Crippen LogP contribution in [0.3, 0.4) is 0 Å². The van der Waals surface area contributed by atoms with Crippen molar-refractivity contribution in [2.75, 3.05) is 13.7 Å². The Morgan fingerprint density at radius 1 is 1.16 bits per heavy atom. The number of rotatable bonds is 3. The van der Waals surface area contributed by atoms with Gasteiger partial charge < -0.3 is 9.64 Å². The number of amides is 1. The lowest BCUT2D eigenvalue weighted by Crippen LogP contribution is -2.35. The molecule has 0 fully saturated rings. The first kappa shape index (κ1) is 20.1. The van der Waals surface area contributed by atoms with E-state index in [1.165, 1.54) is 18.0 Å². The fraction of sp³-hybridized carbons (Fsp3) is 0.227. The number of hydrogen-bond donors (Lipinski definition) is 0. The number of hydrogen-bond acceptors (Lipinski definition) is 4. The summed E-state index contributed by atoms with van der Waals surface area (Å²) in [6, 6.07) is 7.23. The monoisotopic (exact) mass is 441 g/mol. The zero-order valence-electron chi connectivity index (χ0n) is 17.3. The van der Waals surface area contributed by atoms with Gasteiger partial charge in [-0.2, -0.15) is 10.2 Å². The van der Waals surface area contributed by atoms with Crippen LogP contribution in [0.2, 0.25) is 0 Å². The lowest BCUT2D eigenvalue weighted by Gasteiger charge is -2.26. The number of carbonyl (C=O) groups is 1. The SMILES string of the molecule is COc1cccc2c(C(=O)N3CCc4c(nn(C)c4-c4cc(F)c(F)c(F)c4)C3)cnn12. The fourth-order valence-corrected chi connectivity index (χ4v) is 4.22. The van der Waals surface area contributed by atoms with Gasteiger partial charge in [0.15, 0.2) is 17.5 Å². The van der Waals surface area contributed by atoms with Crippen LogP contribution >= 0.6 is 0 Å². The molecule has 7 nitrogen and oxygen atoms in total. The van der Waals surface area contributed by atoms with Gasteiger partial charge in [0.1, 0.15) is 0 Å². The van der Waals surface area contributed by atoms with Gasteiger partial charge in [-0.3, -0.25) is 9.48 Å². The molecule has 164 valence electrons. The molecule has 5 rings (SSSR count). The van der Waals surface area contributed by atoms with Gasteiger partial charge in [-0.05, 0) is 24.6 Å². The molecule has 1 amide bonds. The van der Waals surface area contributed by atoms with Crippen LogP contribution in [0.4, 0.5) is 13.2 Å². The molecule has 0 aliphatic carbocycles. The quantitative estimate of drug-likeness (QED) is 0.458. The summed E-state index contributed by atoms with van der Waals surface area (Å²) in [5, 5.41) is 8.71. The number of nitrogens with zero attached hydrogens (tertiary/aromatic N) is 5. The van der Waals surface area contributed by atoms with E-state index in [0.29, 0.717) is 41.3 Å². The molecule has 0 saturated carbocycles. The molecule has 1 aromatic carbocycles. The molecular formula is C22H18F3N5O2. The highest BCUT2D eigenvalue weighted by Gasteiger charge is 2.29.